The molecule has 0 saturated carbocycles. The van der Waals surface area contributed by atoms with Crippen LogP contribution >= 0.6 is 0 Å². The van der Waals surface area contributed by atoms with Gasteiger partial charge in [-0.1, -0.05) is 267 Å². The Kier molecular flexibility index (Phi) is 32.6. The largest absolute Gasteiger partial charge is 0.340 e. The molecule has 0 radical (unpaired) electrons. The third-order valence-corrected chi connectivity index (χ3v) is 13.5. The van der Waals surface area contributed by atoms with E-state index in [-0.39, 0.29) is 24.1 Å². The lowest BCUT2D eigenvalue weighted by Gasteiger charge is -2.42. The van der Waals surface area contributed by atoms with Crippen molar-refractivity contribution in [3.8, 4) is 0 Å². The van der Waals surface area contributed by atoms with Crippen LogP contribution in [0.1, 0.15) is 230 Å². The molecule has 1 saturated heterocycles. The fourth-order valence-electron chi connectivity index (χ4n) is 9.51. The Hall–Kier alpha value is -2.70. The molecule has 0 spiro atoms. The highest BCUT2D eigenvalue weighted by atomic mass is 16.2. The molecule has 0 aromatic heterocycles. The summed E-state index contributed by atoms with van der Waals surface area (Å²) >= 11 is 0. The Bertz CT molecular complexity index is 1210. The predicted octanol–water partition coefficient (Wildman–Crippen LogP) is 14.5. The Labute approximate surface area is 382 Å². The molecule has 0 bridgehead atoms. The highest BCUT2D eigenvalue weighted by Crippen LogP contribution is 2.20. The number of hydrogen-bond donors (Lipinski definition) is 2. The number of rotatable bonds is 40. The van der Waals surface area contributed by atoms with Gasteiger partial charge in [0.1, 0.15) is 0 Å². The van der Waals surface area contributed by atoms with E-state index in [1.807, 2.05) is 60.7 Å². The van der Waals surface area contributed by atoms with Gasteiger partial charge in [0.25, 0.3) is 0 Å². The Balaban J connectivity index is 1.41. The molecule has 1 aliphatic rings. The van der Waals surface area contributed by atoms with Crippen molar-refractivity contribution in [2.24, 2.45) is 0 Å². The molecule has 2 atom stereocenters. The third-order valence-electron chi connectivity index (χ3n) is 13.5. The molecule has 1 fully saturated rings. The third kappa shape index (κ3) is 27.5. The van der Waals surface area contributed by atoms with Crippen LogP contribution in [0, 0.1) is 0 Å². The first-order valence-corrected chi connectivity index (χ1v) is 26.7. The van der Waals surface area contributed by atoms with E-state index in [1.54, 1.807) is 0 Å². The summed E-state index contributed by atoms with van der Waals surface area (Å²) in [5.74, 6) is 0.229. The smallest absolute Gasteiger partial charge is 0.225 e. The minimum atomic E-state index is 0.0528. The van der Waals surface area contributed by atoms with Crippen LogP contribution in [0.3, 0.4) is 0 Å². The molecular formula is C56H96N4O2. The second-order valence-corrected chi connectivity index (χ2v) is 19.0. The zero-order valence-corrected chi connectivity index (χ0v) is 40.5. The normalized spacial score (nSPS) is 14.5. The highest BCUT2D eigenvalue weighted by molar-refractivity contribution is 5.79. The minimum absolute atomic E-state index is 0.0528. The van der Waals surface area contributed by atoms with Crippen molar-refractivity contribution in [3.63, 3.8) is 0 Å². The Morgan fingerprint density at radius 2 is 0.629 bits per heavy atom. The van der Waals surface area contributed by atoms with Gasteiger partial charge in [-0.2, -0.15) is 0 Å². The number of piperazine rings is 1. The molecule has 2 amide bonds. The first kappa shape index (κ1) is 53.6. The molecule has 1 heterocycles. The second kappa shape index (κ2) is 37.7. The number of nitrogens with one attached hydrogen (secondary N) is 2. The standard InChI is InChI=1S/C56H96N4O2/c1-3-5-7-9-11-13-15-17-19-21-23-25-27-29-37-43-53(57-55(61)49-51-39-33-31-34-40-51)59-45-47-60(48-46-59)54(58-56(62)50-52-41-35-32-36-42-52)44-38-30-28-26-24-22-20-18-16-14-12-10-8-6-4-2/h31-36,39-42,53-54H,3-30,37-38,43-50H2,1-2H3,(H,57,61)(H,58,62). The summed E-state index contributed by atoms with van der Waals surface area (Å²) in [6.07, 6.45) is 43.7. The summed E-state index contributed by atoms with van der Waals surface area (Å²) in [5.41, 5.74) is 2.13. The SMILES string of the molecule is CCCCCCCCCCCCCCCCCC(NC(=O)Cc1ccccc1)N1CCN(C(CCCCCCCCCCCCCCCCC)NC(=O)Cc2ccccc2)CC1. The van der Waals surface area contributed by atoms with E-state index in [2.05, 4.69) is 34.3 Å². The average molecular weight is 857 g/mol. The molecule has 1 aliphatic heterocycles. The van der Waals surface area contributed by atoms with Crippen LogP contribution < -0.4 is 10.6 Å². The van der Waals surface area contributed by atoms with Crippen LogP contribution in [0.25, 0.3) is 0 Å². The predicted molar refractivity (Wildman–Crippen MR) is 266 cm³/mol. The van der Waals surface area contributed by atoms with Crippen LogP contribution in [-0.4, -0.2) is 60.1 Å². The van der Waals surface area contributed by atoms with Crippen LogP contribution in [0.2, 0.25) is 0 Å². The lowest BCUT2D eigenvalue weighted by molar-refractivity contribution is -0.124. The van der Waals surface area contributed by atoms with Crippen molar-refractivity contribution in [3.05, 3.63) is 71.8 Å². The van der Waals surface area contributed by atoms with Gasteiger partial charge in [-0.15, -0.1) is 0 Å². The molecule has 3 rings (SSSR count). The van der Waals surface area contributed by atoms with Gasteiger partial charge < -0.3 is 10.6 Å². The van der Waals surface area contributed by atoms with Crippen molar-refractivity contribution < 1.29 is 9.59 Å². The molecule has 62 heavy (non-hydrogen) atoms. The lowest BCUT2D eigenvalue weighted by Crippen LogP contribution is -2.60. The van der Waals surface area contributed by atoms with E-state index < -0.39 is 0 Å². The molecule has 6 heteroatoms. The number of nitrogens with zero attached hydrogens (tertiary/aromatic N) is 2. The van der Waals surface area contributed by atoms with E-state index in [9.17, 15) is 9.59 Å². The number of carbonyl (C=O) groups is 2. The van der Waals surface area contributed by atoms with E-state index in [0.717, 1.165) is 63.0 Å². The van der Waals surface area contributed by atoms with Gasteiger partial charge in [-0.05, 0) is 24.0 Å². The number of benzene rings is 2. The van der Waals surface area contributed by atoms with Gasteiger partial charge in [0, 0.05) is 26.2 Å². The van der Waals surface area contributed by atoms with Crippen LogP contribution in [-0.2, 0) is 22.4 Å². The van der Waals surface area contributed by atoms with Crippen molar-refractivity contribution in [2.45, 2.75) is 244 Å². The number of amides is 2. The van der Waals surface area contributed by atoms with Crippen molar-refractivity contribution in [2.75, 3.05) is 26.2 Å². The zero-order valence-electron chi connectivity index (χ0n) is 40.5. The minimum Gasteiger partial charge on any atom is -0.340 e. The molecule has 0 aliphatic carbocycles. The van der Waals surface area contributed by atoms with E-state index >= 15 is 0 Å². The fourth-order valence-corrected chi connectivity index (χ4v) is 9.51. The summed E-state index contributed by atoms with van der Waals surface area (Å²) < 4.78 is 0. The molecular weight excluding hydrogens is 761 g/mol. The maximum atomic E-state index is 13.4. The number of hydrogen-bond acceptors (Lipinski definition) is 4. The van der Waals surface area contributed by atoms with Gasteiger partial charge in [0.05, 0.1) is 25.2 Å². The van der Waals surface area contributed by atoms with Gasteiger partial charge >= 0.3 is 0 Å². The Morgan fingerprint density at radius 1 is 0.387 bits per heavy atom. The van der Waals surface area contributed by atoms with Gasteiger partial charge in [-0.25, -0.2) is 0 Å². The first-order chi connectivity index (χ1) is 30.6. The summed E-state index contributed by atoms with van der Waals surface area (Å²) in [7, 11) is 0. The van der Waals surface area contributed by atoms with Crippen molar-refractivity contribution in [1.29, 1.82) is 0 Å². The number of unbranched alkanes of at least 4 members (excludes halogenated alkanes) is 28. The summed E-state index contributed by atoms with van der Waals surface area (Å²) in [5, 5.41) is 6.94. The maximum Gasteiger partial charge on any atom is 0.225 e. The fraction of sp³-hybridized carbons (Fsp3) is 0.750. The molecule has 352 valence electrons. The van der Waals surface area contributed by atoms with Crippen molar-refractivity contribution in [1.82, 2.24) is 20.4 Å². The van der Waals surface area contributed by atoms with Gasteiger partial charge in [0.2, 0.25) is 11.8 Å². The Morgan fingerprint density at radius 3 is 0.887 bits per heavy atom. The highest BCUT2D eigenvalue weighted by Gasteiger charge is 2.29. The van der Waals surface area contributed by atoms with Crippen LogP contribution in [0.15, 0.2) is 60.7 Å². The summed E-state index contributed by atoms with van der Waals surface area (Å²) in [4.78, 5) is 31.8. The quantitative estimate of drug-likeness (QED) is 0.0656. The van der Waals surface area contributed by atoms with Crippen LogP contribution in [0.4, 0.5) is 0 Å². The monoisotopic (exact) mass is 857 g/mol. The second-order valence-electron chi connectivity index (χ2n) is 19.0. The molecule has 2 aromatic carbocycles. The molecule has 6 nitrogen and oxygen atoms in total. The topological polar surface area (TPSA) is 64.7 Å². The molecule has 2 N–H and O–H groups in total. The molecule has 2 aromatic rings. The van der Waals surface area contributed by atoms with E-state index in [0.29, 0.717) is 12.8 Å². The summed E-state index contributed by atoms with van der Waals surface area (Å²) in [6.45, 7) is 8.19. The first-order valence-electron chi connectivity index (χ1n) is 26.7. The lowest BCUT2D eigenvalue weighted by atomic mass is 10.0. The van der Waals surface area contributed by atoms with Crippen LogP contribution in [0.5, 0.6) is 0 Å². The zero-order chi connectivity index (χ0) is 44.0. The number of carbonyl (C=O) groups excluding carboxylic acids is 2. The van der Waals surface area contributed by atoms with E-state index in [4.69, 9.17) is 0 Å². The van der Waals surface area contributed by atoms with Crippen molar-refractivity contribution >= 4 is 11.8 Å². The molecule has 2 unspecified atom stereocenters. The van der Waals surface area contributed by atoms with E-state index in [1.165, 1.54) is 180 Å². The van der Waals surface area contributed by atoms with Gasteiger partial charge in [-0.3, -0.25) is 19.4 Å². The maximum absolute atomic E-state index is 13.4. The average Bonchev–Trinajstić information content (AvgIpc) is 3.29. The van der Waals surface area contributed by atoms with Gasteiger partial charge in [0.15, 0.2) is 0 Å². The summed E-state index contributed by atoms with van der Waals surface area (Å²) in [6, 6.07) is 20.3.